The van der Waals surface area contributed by atoms with Crippen LogP contribution < -0.4 is 10.6 Å². The first-order valence-corrected chi connectivity index (χ1v) is 8.26. The van der Waals surface area contributed by atoms with Crippen LogP contribution >= 0.6 is 0 Å². The van der Waals surface area contributed by atoms with Gasteiger partial charge >= 0.3 is 0 Å². The number of nitrogens with two attached hydrogens (primary N) is 1. The van der Waals surface area contributed by atoms with Gasteiger partial charge in [0.15, 0.2) is 0 Å². The molecule has 0 atom stereocenters. The van der Waals surface area contributed by atoms with Crippen LogP contribution in [0.25, 0.3) is 22.2 Å². The smallest absolute Gasteiger partial charge is 0.128 e. The number of nitrogen functional groups attached to an aromatic ring is 1. The van der Waals surface area contributed by atoms with Gasteiger partial charge in [0.25, 0.3) is 0 Å². The van der Waals surface area contributed by atoms with E-state index in [-0.39, 0.29) is 0 Å². The molecule has 4 rings (SSSR count). The minimum atomic E-state index is 0.749. The number of anilines is 2. The number of likely N-dealkylation sites (N-methyl/N-ethyl adjacent to an activating group) is 1. The third-order valence-electron chi connectivity index (χ3n) is 4.62. The van der Waals surface area contributed by atoms with Crippen molar-refractivity contribution in [2.24, 2.45) is 0 Å². The fourth-order valence-corrected chi connectivity index (χ4v) is 3.11. The van der Waals surface area contributed by atoms with Gasteiger partial charge in [0.05, 0.1) is 11.2 Å². The molecule has 0 bridgehead atoms. The van der Waals surface area contributed by atoms with E-state index in [1.807, 2.05) is 36.5 Å². The Hall–Kier alpha value is -2.66. The van der Waals surface area contributed by atoms with Gasteiger partial charge in [-0.2, -0.15) is 0 Å². The lowest BCUT2D eigenvalue weighted by molar-refractivity contribution is 0.312. The highest BCUT2D eigenvalue weighted by Crippen LogP contribution is 2.26. The molecule has 0 aliphatic carbocycles. The van der Waals surface area contributed by atoms with E-state index >= 15 is 0 Å². The van der Waals surface area contributed by atoms with Crippen LogP contribution in [0.3, 0.4) is 0 Å². The Morgan fingerprint density at radius 1 is 1.00 bits per heavy atom. The molecule has 1 fully saturated rings. The van der Waals surface area contributed by atoms with Crippen molar-refractivity contribution < 1.29 is 0 Å². The molecule has 1 aromatic carbocycles. The number of hydrogen-bond donors (Lipinski definition) is 1. The molecule has 122 valence electrons. The molecule has 24 heavy (non-hydrogen) atoms. The van der Waals surface area contributed by atoms with Gasteiger partial charge in [0, 0.05) is 49.0 Å². The van der Waals surface area contributed by atoms with Gasteiger partial charge < -0.3 is 15.5 Å². The van der Waals surface area contributed by atoms with Crippen LogP contribution in [-0.4, -0.2) is 48.1 Å². The molecule has 1 saturated heterocycles. The zero-order valence-electron chi connectivity index (χ0n) is 13.8. The van der Waals surface area contributed by atoms with E-state index < -0.39 is 0 Å². The fourth-order valence-electron chi connectivity index (χ4n) is 3.11. The number of nitrogens with zero attached hydrogens (tertiary/aromatic N) is 4. The maximum absolute atomic E-state index is 6.18. The van der Waals surface area contributed by atoms with Crippen LogP contribution in [0, 0.1) is 0 Å². The average molecular weight is 319 g/mol. The number of rotatable bonds is 2. The van der Waals surface area contributed by atoms with Crippen molar-refractivity contribution in [1.29, 1.82) is 0 Å². The zero-order chi connectivity index (χ0) is 16.5. The predicted molar refractivity (Wildman–Crippen MR) is 99.1 cm³/mol. The number of fused-ring (bicyclic) bond motifs is 1. The maximum Gasteiger partial charge on any atom is 0.128 e. The first-order chi connectivity index (χ1) is 11.7. The standard InChI is InChI=1S/C19H21N5/c1-23-8-10-24(11-9-23)19-7-6-14(13-21-19)18-12-16(20)15-4-2-3-5-17(15)22-18/h2-7,12-13H,8-11H2,1H3,(H2,20,22). The summed E-state index contributed by atoms with van der Waals surface area (Å²) in [7, 11) is 2.16. The van der Waals surface area contributed by atoms with Crippen molar-refractivity contribution in [3.05, 3.63) is 48.7 Å². The molecule has 2 N–H and O–H groups in total. The Morgan fingerprint density at radius 2 is 1.79 bits per heavy atom. The van der Waals surface area contributed by atoms with Crippen molar-refractivity contribution in [2.75, 3.05) is 43.9 Å². The van der Waals surface area contributed by atoms with Crippen LogP contribution in [0.15, 0.2) is 48.7 Å². The van der Waals surface area contributed by atoms with Crippen LogP contribution in [0.5, 0.6) is 0 Å². The molecular weight excluding hydrogens is 298 g/mol. The van der Waals surface area contributed by atoms with E-state index in [4.69, 9.17) is 10.7 Å². The lowest BCUT2D eigenvalue weighted by Crippen LogP contribution is -2.44. The zero-order valence-corrected chi connectivity index (χ0v) is 13.8. The summed E-state index contributed by atoms with van der Waals surface area (Å²) >= 11 is 0. The molecule has 0 amide bonds. The summed E-state index contributed by atoms with van der Waals surface area (Å²) in [5.74, 6) is 1.03. The minimum Gasteiger partial charge on any atom is -0.398 e. The van der Waals surface area contributed by atoms with Crippen molar-refractivity contribution in [2.45, 2.75) is 0 Å². The maximum atomic E-state index is 6.18. The number of hydrogen-bond acceptors (Lipinski definition) is 5. The predicted octanol–water partition coefficient (Wildman–Crippen LogP) is 2.63. The van der Waals surface area contributed by atoms with Gasteiger partial charge in [0.2, 0.25) is 0 Å². The highest BCUT2D eigenvalue weighted by Gasteiger charge is 2.15. The van der Waals surface area contributed by atoms with Crippen LogP contribution in [0.4, 0.5) is 11.5 Å². The van der Waals surface area contributed by atoms with E-state index in [2.05, 4.69) is 34.0 Å². The van der Waals surface area contributed by atoms with Crippen LogP contribution in [0.1, 0.15) is 0 Å². The molecule has 0 unspecified atom stereocenters. The van der Waals surface area contributed by atoms with E-state index in [0.717, 1.165) is 59.8 Å². The summed E-state index contributed by atoms with van der Waals surface area (Å²) < 4.78 is 0. The lowest BCUT2D eigenvalue weighted by atomic mass is 10.1. The molecule has 3 aromatic rings. The third kappa shape index (κ3) is 2.78. The molecule has 5 nitrogen and oxygen atoms in total. The SMILES string of the molecule is CN1CCN(c2ccc(-c3cc(N)c4ccccc4n3)cn2)CC1. The summed E-state index contributed by atoms with van der Waals surface area (Å²) in [6.45, 7) is 4.19. The summed E-state index contributed by atoms with van der Waals surface area (Å²) in [6, 6.07) is 14.0. The van der Waals surface area contributed by atoms with E-state index in [9.17, 15) is 0 Å². The Balaban J connectivity index is 1.63. The highest BCUT2D eigenvalue weighted by atomic mass is 15.3. The van der Waals surface area contributed by atoms with Crippen molar-refractivity contribution in [3.63, 3.8) is 0 Å². The van der Waals surface area contributed by atoms with E-state index in [1.165, 1.54) is 0 Å². The largest absolute Gasteiger partial charge is 0.398 e. The van der Waals surface area contributed by atoms with Gasteiger partial charge in [0.1, 0.15) is 5.82 Å². The van der Waals surface area contributed by atoms with Gasteiger partial charge in [-0.05, 0) is 31.3 Å². The van der Waals surface area contributed by atoms with Crippen molar-refractivity contribution in [1.82, 2.24) is 14.9 Å². The Labute approximate surface area is 141 Å². The molecule has 2 aromatic heterocycles. The molecule has 5 heteroatoms. The molecule has 1 aliphatic heterocycles. The fraction of sp³-hybridized carbons (Fsp3) is 0.263. The van der Waals surface area contributed by atoms with Gasteiger partial charge in [-0.1, -0.05) is 18.2 Å². The normalized spacial score (nSPS) is 15.8. The minimum absolute atomic E-state index is 0.749. The number of pyridine rings is 2. The molecule has 0 saturated carbocycles. The molecule has 1 aliphatic rings. The van der Waals surface area contributed by atoms with E-state index in [0.29, 0.717) is 0 Å². The second-order valence-electron chi connectivity index (χ2n) is 6.31. The average Bonchev–Trinajstić information content (AvgIpc) is 2.62. The Kier molecular flexibility index (Phi) is 3.78. The highest BCUT2D eigenvalue weighted by molar-refractivity contribution is 5.92. The van der Waals surface area contributed by atoms with Crippen molar-refractivity contribution >= 4 is 22.4 Å². The summed E-state index contributed by atoms with van der Waals surface area (Å²) in [5.41, 5.74) is 9.70. The first-order valence-electron chi connectivity index (χ1n) is 8.26. The number of aromatic nitrogens is 2. The topological polar surface area (TPSA) is 58.3 Å². The second-order valence-corrected chi connectivity index (χ2v) is 6.31. The molecule has 0 radical (unpaired) electrons. The lowest BCUT2D eigenvalue weighted by Gasteiger charge is -2.33. The molecule has 3 heterocycles. The third-order valence-corrected chi connectivity index (χ3v) is 4.62. The number of benzene rings is 1. The number of para-hydroxylation sites is 1. The Bertz CT molecular complexity index is 851. The second kappa shape index (κ2) is 6.09. The summed E-state index contributed by atoms with van der Waals surface area (Å²) in [4.78, 5) is 14.0. The van der Waals surface area contributed by atoms with Gasteiger partial charge in [-0.15, -0.1) is 0 Å². The Morgan fingerprint density at radius 3 is 2.54 bits per heavy atom. The number of piperazine rings is 1. The van der Waals surface area contributed by atoms with Gasteiger partial charge in [-0.3, -0.25) is 0 Å². The van der Waals surface area contributed by atoms with Crippen LogP contribution in [0.2, 0.25) is 0 Å². The monoisotopic (exact) mass is 319 g/mol. The summed E-state index contributed by atoms with van der Waals surface area (Å²) in [6.07, 6.45) is 1.89. The van der Waals surface area contributed by atoms with Crippen LogP contribution in [-0.2, 0) is 0 Å². The van der Waals surface area contributed by atoms with Gasteiger partial charge in [-0.25, -0.2) is 9.97 Å². The summed E-state index contributed by atoms with van der Waals surface area (Å²) in [5, 5.41) is 0.989. The quantitative estimate of drug-likeness (QED) is 0.787. The van der Waals surface area contributed by atoms with E-state index in [1.54, 1.807) is 0 Å². The van der Waals surface area contributed by atoms with Crippen molar-refractivity contribution in [3.8, 4) is 11.3 Å². The molecule has 0 spiro atoms. The molecular formula is C19H21N5. The first kappa shape index (κ1) is 14.9.